The van der Waals surface area contributed by atoms with Crippen molar-refractivity contribution in [3.05, 3.63) is 64.2 Å². The number of rotatable bonds is 4. The topological polar surface area (TPSA) is 95.7 Å². The first-order chi connectivity index (χ1) is 15.7. The zero-order valence-corrected chi connectivity index (χ0v) is 18.1. The molecule has 172 valence electrons. The number of hydrogen-bond donors (Lipinski definition) is 0. The van der Waals surface area contributed by atoms with Crippen molar-refractivity contribution in [2.75, 3.05) is 70.8 Å². The molecule has 2 aromatic carbocycles. The third kappa shape index (κ3) is 8.35. The van der Waals surface area contributed by atoms with E-state index >= 15 is 0 Å². The number of nitrogens with zero attached hydrogens (tertiary/aromatic N) is 3. The largest absolute Gasteiger partial charge is 0.377 e. The molecule has 0 spiro atoms. The minimum Gasteiger partial charge on any atom is -0.377 e. The molecule has 1 aliphatic heterocycles. The molecule has 0 N–H and O–H groups in total. The predicted molar refractivity (Wildman–Crippen MR) is 122 cm³/mol. The average molecular weight is 444 g/mol. The zero-order chi connectivity index (χ0) is 22.4. The van der Waals surface area contributed by atoms with E-state index in [-0.39, 0.29) is 5.69 Å². The summed E-state index contributed by atoms with van der Waals surface area (Å²) in [5.41, 5.74) is 2.72. The monoisotopic (exact) mass is 443 g/mol. The minimum atomic E-state index is -0.417. The molecule has 0 amide bonds. The summed E-state index contributed by atoms with van der Waals surface area (Å²) in [6.45, 7) is 6.03. The first-order valence-electron chi connectivity index (χ1n) is 10.7. The van der Waals surface area contributed by atoms with E-state index in [0.29, 0.717) is 52.9 Å². The molecule has 1 heterocycles. The molecule has 0 bridgehead atoms. The molecule has 0 unspecified atom stereocenters. The Morgan fingerprint density at radius 2 is 1.25 bits per heavy atom. The van der Waals surface area contributed by atoms with Crippen LogP contribution in [-0.4, -0.2) is 77.1 Å². The lowest BCUT2D eigenvalue weighted by Gasteiger charge is -2.25. The molecule has 0 saturated carbocycles. The van der Waals surface area contributed by atoms with Crippen LogP contribution in [0.3, 0.4) is 0 Å². The van der Waals surface area contributed by atoms with Crippen molar-refractivity contribution in [3.8, 4) is 0 Å². The highest BCUT2D eigenvalue weighted by Crippen LogP contribution is 2.20. The Morgan fingerprint density at radius 3 is 1.75 bits per heavy atom. The van der Waals surface area contributed by atoms with E-state index in [1.165, 1.54) is 12.1 Å². The smallest absolute Gasteiger partial charge is 0.269 e. The van der Waals surface area contributed by atoms with E-state index in [1.807, 2.05) is 24.3 Å². The summed E-state index contributed by atoms with van der Waals surface area (Å²) in [4.78, 5) is 17.0. The molecule has 0 radical (unpaired) electrons. The van der Waals surface area contributed by atoms with Gasteiger partial charge in [-0.25, -0.2) is 0 Å². The van der Waals surface area contributed by atoms with E-state index in [1.54, 1.807) is 18.3 Å². The van der Waals surface area contributed by atoms with Crippen molar-refractivity contribution in [1.82, 2.24) is 0 Å². The van der Waals surface area contributed by atoms with Crippen LogP contribution in [0.15, 0.2) is 53.5 Å². The highest BCUT2D eigenvalue weighted by molar-refractivity contribution is 5.82. The van der Waals surface area contributed by atoms with E-state index in [9.17, 15) is 10.1 Å². The molecule has 1 saturated heterocycles. The van der Waals surface area contributed by atoms with Gasteiger partial charge in [0.05, 0.1) is 63.5 Å². The summed E-state index contributed by atoms with van der Waals surface area (Å²) in [5, 5.41) is 10.7. The Balaban J connectivity index is 1.57. The number of aliphatic imine (C=N–C) groups is 1. The van der Waals surface area contributed by atoms with Gasteiger partial charge in [-0.15, -0.1) is 0 Å². The molecule has 0 aliphatic carbocycles. The summed E-state index contributed by atoms with van der Waals surface area (Å²) in [5.74, 6) is 0. The van der Waals surface area contributed by atoms with Gasteiger partial charge in [0, 0.05) is 37.1 Å². The zero-order valence-electron chi connectivity index (χ0n) is 18.1. The molecule has 1 fully saturated rings. The normalized spacial score (nSPS) is 17.6. The van der Waals surface area contributed by atoms with E-state index in [0.717, 1.165) is 30.0 Å². The van der Waals surface area contributed by atoms with E-state index in [2.05, 4.69) is 9.89 Å². The molecular weight excluding hydrogens is 414 g/mol. The van der Waals surface area contributed by atoms with Gasteiger partial charge in [-0.3, -0.25) is 15.1 Å². The van der Waals surface area contributed by atoms with Crippen LogP contribution in [0, 0.1) is 10.1 Å². The average Bonchev–Trinajstić information content (AvgIpc) is 2.83. The maximum absolute atomic E-state index is 10.7. The van der Waals surface area contributed by atoms with Crippen molar-refractivity contribution in [3.63, 3.8) is 0 Å². The Bertz CT molecular complexity index is 826. The lowest BCUT2D eigenvalue weighted by molar-refractivity contribution is -0.384. The fourth-order valence-corrected chi connectivity index (χ4v) is 3.06. The van der Waals surface area contributed by atoms with Crippen molar-refractivity contribution in [1.29, 1.82) is 0 Å². The second-order valence-corrected chi connectivity index (χ2v) is 7.06. The molecule has 3 rings (SSSR count). The summed E-state index contributed by atoms with van der Waals surface area (Å²) in [7, 11) is 0. The Hall–Kier alpha value is -2.85. The van der Waals surface area contributed by atoms with E-state index in [4.69, 9.17) is 18.9 Å². The number of ether oxygens (including phenoxy) is 4. The molecule has 9 heteroatoms. The maximum Gasteiger partial charge on any atom is 0.269 e. The van der Waals surface area contributed by atoms with Crippen LogP contribution in [0.2, 0.25) is 0 Å². The van der Waals surface area contributed by atoms with Gasteiger partial charge in [0.15, 0.2) is 0 Å². The molecule has 32 heavy (non-hydrogen) atoms. The van der Waals surface area contributed by atoms with Crippen molar-refractivity contribution in [2.24, 2.45) is 4.99 Å². The number of hydrogen-bond acceptors (Lipinski definition) is 8. The van der Waals surface area contributed by atoms with Gasteiger partial charge in [0.2, 0.25) is 0 Å². The maximum atomic E-state index is 10.7. The quantitative estimate of drug-likeness (QED) is 0.407. The molecule has 0 aromatic heterocycles. The van der Waals surface area contributed by atoms with Crippen LogP contribution in [0.25, 0.3) is 0 Å². The van der Waals surface area contributed by atoms with E-state index < -0.39 is 4.92 Å². The predicted octanol–water partition coefficient (Wildman–Crippen LogP) is 3.23. The minimum absolute atomic E-state index is 0.0623. The summed E-state index contributed by atoms with van der Waals surface area (Å²) in [6.07, 6.45) is 1.69. The second kappa shape index (κ2) is 13.5. The lowest BCUT2D eigenvalue weighted by atomic mass is 10.2. The molecule has 9 nitrogen and oxygen atoms in total. The third-order valence-corrected chi connectivity index (χ3v) is 4.81. The van der Waals surface area contributed by atoms with Crippen LogP contribution < -0.4 is 4.90 Å². The van der Waals surface area contributed by atoms with Gasteiger partial charge >= 0.3 is 0 Å². The van der Waals surface area contributed by atoms with Crippen LogP contribution in [0.1, 0.15) is 5.56 Å². The molecule has 2 aromatic rings. The van der Waals surface area contributed by atoms with Gasteiger partial charge in [-0.2, -0.15) is 0 Å². The number of benzene rings is 2. The SMILES string of the molecule is O=[N+]([O-])c1ccc(C=Nc2ccc(N3CCOCCOCCOCCOCC3)cc2)cc1. The third-order valence-electron chi connectivity index (χ3n) is 4.81. The second-order valence-electron chi connectivity index (χ2n) is 7.06. The van der Waals surface area contributed by atoms with Gasteiger partial charge in [0.25, 0.3) is 5.69 Å². The lowest BCUT2D eigenvalue weighted by Crippen LogP contribution is -2.31. The number of non-ortho nitro benzene ring substituents is 1. The van der Waals surface area contributed by atoms with Crippen molar-refractivity contribution in [2.45, 2.75) is 0 Å². The number of anilines is 1. The first-order valence-corrected chi connectivity index (χ1v) is 10.7. The number of nitro benzene ring substituents is 1. The first kappa shape index (κ1) is 23.8. The molecular formula is C23H29N3O6. The summed E-state index contributed by atoms with van der Waals surface area (Å²) in [6, 6.07) is 14.2. The van der Waals surface area contributed by atoms with Crippen LogP contribution >= 0.6 is 0 Å². The fourth-order valence-electron chi connectivity index (χ4n) is 3.06. The Labute approximate surface area is 187 Å². The van der Waals surface area contributed by atoms with Crippen molar-refractivity contribution < 1.29 is 23.9 Å². The summed E-state index contributed by atoms with van der Waals surface area (Å²) >= 11 is 0. The van der Waals surface area contributed by atoms with Gasteiger partial charge in [0.1, 0.15) is 0 Å². The Morgan fingerprint density at radius 1 is 0.750 bits per heavy atom. The standard InChI is InChI=1S/C23H29N3O6/c27-26(28)23-5-1-20(2-6-23)19-24-21-3-7-22(8-4-21)25-9-11-29-13-15-31-17-18-32-16-14-30-12-10-25/h1-8,19H,9-18H2. The van der Waals surface area contributed by atoms with Crippen LogP contribution in [0.4, 0.5) is 17.1 Å². The van der Waals surface area contributed by atoms with Gasteiger partial charge in [-0.1, -0.05) is 0 Å². The highest BCUT2D eigenvalue weighted by atomic mass is 16.6. The molecule has 1 aliphatic rings. The fraction of sp³-hybridized carbons (Fsp3) is 0.435. The van der Waals surface area contributed by atoms with Gasteiger partial charge < -0.3 is 23.8 Å². The van der Waals surface area contributed by atoms with Gasteiger partial charge in [-0.05, 0) is 42.0 Å². The van der Waals surface area contributed by atoms with Crippen molar-refractivity contribution >= 4 is 23.3 Å². The highest BCUT2D eigenvalue weighted by Gasteiger charge is 2.08. The summed E-state index contributed by atoms with van der Waals surface area (Å²) < 4.78 is 22.3. The number of nitro groups is 1. The Kier molecular flexibility index (Phi) is 10.1. The van der Waals surface area contributed by atoms with Crippen LogP contribution in [0.5, 0.6) is 0 Å². The molecule has 0 atom stereocenters. The van der Waals surface area contributed by atoms with Crippen LogP contribution in [-0.2, 0) is 18.9 Å².